The summed E-state index contributed by atoms with van der Waals surface area (Å²) in [5.74, 6) is 1.68. The van der Waals surface area contributed by atoms with Gasteiger partial charge in [0.2, 0.25) is 5.89 Å². The summed E-state index contributed by atoms with van der Waals surface area (Å²) in [4.78, 5) is 16.3. The number of ketones is 1. The molecule has 0 N–H and O–H groups in total. The van der Waals surface area contributed by atoms with Crippen molar-refractivity contribution in [2.75, 3.05) is 0 Å². The Kier molecular flexibility index (Phi) is 3.62. The molecular weight excluding hydrogens is 264 g/mol. The van der Waals surface area contributed by atoms with Crippen molar-refractivity contribution in [3.63, 3.8) is 0 Å². The highest BCUT2D eigenvalue weighted by Gasteiger charge is 2.49. The number of aromatic nitrogens is 2. The van der Waals surface area contributed by atoms with Crippen molar-refractivity contribution in [1.29, 1.82) is 0 Å². The molecule has 1 aliphatic carbocycles. The molecule has 1 aliphatic rings. The fourth-order valence-corrected chi connectivity index (χ4v) is 2.74. The molecule has 0 unspecified atom stereocenters. The topological polar surface area (TPSA) is 56.0 Å². The molecule has 1 aromatic heterocycles. The summed E-state index contributed by atoms with van der Waals surface area (Å²) in [7, 11) is 0. The van der Waals surface area contributed by atoms with Crippen LogP contribution in [0.1, 0.15) is 50.4 Å². The molecule has 1 heterocycles. The Morgan fingerprint density at radius 3 is 2.62 bits per heavy atom. The summed E-state index contributed by atoms with van der Waals surface area (Å²) < 4.78 is 5.28. The minimum absolute atomic E-state index is 0.0931. The Morgan fingerprint density at radius 1 is 1.29 bits per heavy atom. The monoisotopic (exact) mass is 284 g/mol. The molecule has 0 amide bonds. The summed E-state index contributed by atoms with van der Waals surface area (Å²) in [6.07, 6.45) is 2.88. The van der Waals surface area contributed by atoms with Crippen molar-refractivity contribution in [3.05, 3.63) is 47.6 Å². The highest BCUT2D eigenvalue weighted by Crippen LogP contribution is 2.52. The second-order valence-electron chi connectivity index (χ2n) is 6.27. The SMILES string of the molecule is CC(C)CC(=O)Cc1nc(C2(c3ccccc3)CC2)no1. The van der Waals surface area contributed by atoms with Crippen molar-refractivity contribution >= 4 is 5.78 Å². The first-order chi connectivity index (χ1) is 10.1. The Morgan fingerprint density at radius 2 is 2.00 bits per heavy atom. The van der Waals surface area contributed by atoms with Gasteiger partial charge in [-0.1, -0.05) is 49.3 Å². The lowest BCUT2D eigenvalue weighted by atomic mass is 9.95. The van der Waals surface area contributed by atoms with Crippen molar-refractivity contribution < 1.29 is 9.32 Å². The van der Waals surface area contributed by atoms with Gasteiger partial charge in [-0.05, 0) is 24.3 Å². The molecule has 0 spiro atoms. The number of carbonyl (C=O) groups is 1. The van der Waals surface area contributed by atoms with E-state index in [-0.39, 0.29) is 17.6 Å². The van der Waals surface area contributed by atoms with E-state index in [1.54, 1.807) is 0 Å². The fourth-order valence-electron chi connectivity index (χ4n) is 2.74. The largest absolute Gasteiger partial charge is 0.339 e. The number of Topliss-reactive ketones (excluding diaryl/α,β-unsaturated/α-hetero) is 1. The summed E-state index contributed by atoms with van der Waals surface area (Å²) in [6, 6.07) is 10.3. The third-order valence-electron chi connectivity index (χ3n) is 3.96. The smallest absolute Gasteiger partial charge is 0.234 e. The normalized spacial score (nSPS) is 16.1. The van der Waals surface area contributed by atoms with E-state index in [9.17, 15) is 4.79 Å². The highest BCUT2D eigenvalue weighted by atomic mass is 16.5. The number of carbonyl (C=O) groups excluding carboxylic acids is 1. The minimum Gasteiger partial charge on any atom is -0.339 e. The maximum Gasteiger partial charge on any atom is 0.234 e. The van der Waals surface area contributed by atoms with Crippen LogP contribution in [0.5, 0.6) is 0 Å². The number of benzene rings is 1. The molecule has 21 heavy (non-hydrogen) atoms. The number of hydrogen-bond donors (Lipinski definition) is 0. The first kappa shape index (κ1) is 14.0. The van der Waals surface area contributed by atoms with Gasteiger partial charge < -0.3 is 4.52 Å². The zero-order valence-electron chi connectivity index (χ0n) is 12.5. The van der Waals surface area contributed by atoms with Crippen LogP contribution in [0.4, 0.5) is 0 Å². The number of nitrogens with zero attached hydrogens (tertiary/aromatic N) is 2. The average Bonchev–Trinajstić information content (AvgIpc) is 3.14. The summed E-state index contributed by atoms with van der Waals surface area (Å²) in [5, 5.41) is 4.12. The standard InChI is InChI=1S/C17H20N2O2/c1-12(2)10-14(20)11-15-18-16(19-21-15)17(8-9-17)13-6-4-3-5-7-13/h3-7,12H,8-11H2,1-2H3. The summed E-state index contributed by atoms with van der Waals surface area (Å²) in [5.41, 5.74) is 1.13. The molecule has 110 valence electrons. The third-order valence-corrected chi connectivity index (χ3v) is 3.96. The fraction of sp³-hybridized carbons (Fsp3) is 0.471. The third kappa shape index (κ3) is 2.89. The van der Waals surface area contributed by atoms with E-state index < -0.39 is 0 Å². The van der Waals surface area contributed by atoms with Crippen LogP contribution in [0.2, 0.25) is 0 Å². The van der Waals surface area contributed by atoms with Gasteiger partial charge in [-0.2, -0.15) is 4.98 Å². The molecule has 1 fully saturated rings. The molecule has 4 heteroatoms. The quantitative estimate of drug-likeness (QED) is 0.816. The van der Waals surface area contributed by atoms with Gasteiger partial charge in [0, 0.05) is 6.42 Å². The number of rotatable bonds is 6. The van der Waals surface area contributed by atoms with E-state index in [2.05, 4.69) is 22.3 Å². The van der Waals surface area contributed by atoms with E-state index >= 15 is 0 Å². The molecule has 0 radical (unpaired) electrons. The lowest BCUT2D eigenvalue weighted by Crippen LogP contribution is -2.11. The van der Waals surface area contributed by atoms with Crippen molar-refractivity contribution in [2.45, 2.75) is 44.9 Å². The van der Waals surface area contributed by atoms with Crippen LogP contribution in [0.3, 0.4) is 0 Å². The van der Waals surface area contributed by atoms with Crippen LogP contribution < -0.4 is 0 Å². The van der Waals surface area contributed by atoms with Crippen LogP contribution in [-0.4, -0.2) is 15.9 Å². The van der Waals surface area contributed by atoms with Crippen LogP contribution in [0.15, 0.2) is 34.9 Å². The first-order valence-electron chi connectivity index (χ1n) is 7.50. The van der Waals surface area contributed by atoms with Gasteiger partial charge >= 0.3 is 0 Å². The molecule has 0 atom stereocenters. The van der Waals surface area contributed by atoms with E-state index in [0.29, 0.717) is 18.2 Å². The zero-order valence-corrected chi connectivity index (χ0v) is 12.5. The molecule has 4 nitrogen and oxygen atoms in total. The van der Waals surface area contributed by atoms with E-state index in [1.807, 2.05) is 32.0 Å². The predicted molar refractivity (Wildman–Crippen MR) is 78.9 cm³/mol. The summed E-state index contributed by atoms with van der Waals surface area (Å²) >= 11 is 0. The van der Waals surface area contributed by atoms with E-state index in [1.165, 1.54) is 5.56 Å². The van der Waals surface area contributed by atoms with Crippen LogP contribution >= 0.6 is 0 Å². The Hall–Kier alpha value is -1.97. The van der Waals surface area contributed by atoms with E-state index in [0.717, 1.165) is 18.7 Å². The van der Waals surface area contributed by atoms with Crippen LogP contribution in [0, 0.1) is 5.92 Å². The van der Waals surface area contributed by atoms with Crippen LogP contribution in [0.25, 0.3) is 0 Å². The Balaban J connectivity index is 1.75. The average molecular weight is 284 g/mol. The molecule has 0 bridgehead atoms. The maximum atomic E-state index is 11.8. The lowest BCUT2D eigenvalue weighted by molar-refractivity contribution is -0.119. The van der Waals surface area contributed by atoms with Crippen molar-refractivity contribution in [1.82, 2.24) is 10.1 Å². The molecule has 1 aromatic carbocycles. The van der Waals surface area contributed by atoms with Gasteiger partial charge in [0.1, 0.15) is 5.78 Å². The molecule has 3 rings (SSSR count). The Labute approximate surface area is 124 Å². The van der Waals surface area contributed by atoms with Gasteiger partial charge in [-0.15, -0.1) is 0 Å². The summed E-state index contributed by atoms with van der Waals surface area (Å²) in [6.45, 7) is 4.07. The van der Waals surface area contributed by atoms with Gasteiger partial charge in [-0.25, -0.2) is 0 Å². The molecule has 2 aromatic rings. The predicted octanol–water partition coefficient (Wildman–Crippen LogP) is 3.31. The highest BCUT2D eigenvalue weighted by molar-refractivity contribution is 5.80. The zero-order chi connectivity index (χ0) is 14.9. The second-order valence-corrected chi connectivity index (χ2v) is 6.27. The van der Waals surface area contributed by atoms with Gasteiger partial charge in [0.05, 0.1) is 11.8 Å². The van der Waals surface area contributed by atoms with Gasteiger partial charge in [0.25, 0.3) is 0 Å². The lowest BCUT2D eigenvalue weighted by Gasteiger charge is -2.10. The maximum absolute atomic E-state index is 11.8. The first-order valence-corrected chi connectivity index (χ1v) is 7.50. The number of hydrogen-bond acceptors (Lipinski definition) is 4. The molecule has 1 saturated carbocycles. The molecular formula is C17H20N2O2. The van der Waals surface area contributed by atoms with Gasteiger partial charge in [0.15, 0.2) is 5.82 Å². The molecule has 0 saturated heterocycles. The minimum atomic E-state index is -0.0931. The second kappa shape index (κ2) is 5.43. The van der Waals surface area contributed by atoms with Crippen LogP contribution in [-0.2, 0) is 16.6 Å². The van der Waals surface area contributed by atoms with Gasteiger partial charge in [-0.3, -0.25) is 4.79 Å². The Bertz CT molecular complexity index is 627. The van der Waals surface area contributed by atoms with Crippen molar-refractivity contribution in [3.8, 4) is 0 Å². The molecule has 0 aliphatic heterocycles. The van der Waals surface area contributed by atoms with E-state index in [4.69, 9.17) is 4.52 Å². The van der Waals surface area contributed by atoms with Crippen molar-refractivity contribution in [2.24, 2.45) is 5.92 Å².